The SMILES string of the molecule is C/C(CN(CC1=NCc2ccccc2C1)[C@H]1CCCc2cccnc21)=C(\F)CN. The van der Waals surface area contributed by atoms with Crippen LogP contribution < -0.4 is 5.73 Å². The second kappa shape index (κ2) is 8.97. The number of hydrogen-bond donors (Lipinski definition) is 1. The van der Waals surface area contributed by atoms with Crippen molar-refractivity contribution >= 4 is 5.71 Å². The Morgan fingerprint density at radius 2 is 1.97 bits per heavy atom. The lowest BCUT2D eigenvalue weighted by atomic mass is 9.90. The second-order valence-electron chi connectivity index (χ2n) is 8.08. The molecule has 29 heavy (non-hydrogen) atoms. The number of fused-ring (bicyclic) bond motifs is 2. The highest BCUT2D eigenvalue weighted by atomic mass is 19.1. The van der Waals surface area contributed by atoms with Crippen molar-refractivity contribution in [1.82, 2.24) is 9.88 Å². The Hall–Kier alpha value is -2.37. The first-order valence-corrected chi connectivity index (χ1v) is 10.5. The highest BCUT2D eigenvalue weighted by Crippen LogP contribution is 2.33. The molecule has 1 aromatic carbocycles. The summed E-state index contributed by atoms with van der Waals surface area (Å²) in [6.07, 6.45) is 5.94. The summed E-state index contributed by atoms with van der Waals surface area (Å²) in [6, 6.07) is 12.9. The third-order valence-corrected chi connectivity index (χ3v) is 6.06. The lowest BCUT2D eigenvalue weighted by molar-refractivity contribution is 0.213. The Bertz CT molecular complexity index is 934. The van der Waals surface area contributed by atoms with E-state index in [0.717, 1.165) is 50.2 Å². The summed E-state index contributed by atoms with van der Waals surface area (Å²) in [6.45, 7) is 3.79. The van der Waals surface area contributed by atoms with Crippen molar-refractivity contribution in [2.75, 3.05) is 19.6 Å². The van der Waals surface area contributed by atoms with Crippen LogP contribution >= 0.6 is 0 Å². The molecule has 0 spiro atoms. The zero-order valence-electron chi connectivity index (χ0n) is 17.1. The zero-order chi connectivity index (χ0) is 20.2. The molecule has 2 N–H and O–H groups in total. The predicted molar refractivity (Wildman–Crippen MR) is 116 cm³/mol. The minimum atomic E-state index is -0.219. The number of benzene rings is 1. The number of nitrogens with two attached hydrogens (primary N) is 1. The number of aromatic nitrogens is 1. The molecule has 2 aliphatic rings. The lowest BCUT2D eigenvalue weighted by Gasteiger charge is -2.36. The molecule has 0 saturated carbocycles. The van der Waals surface area contributed by atoms with Crippen LogP contribution in [0.15, 0.2) is 59.0 Å². The Balaban J connectivity index is 1.61. The average Bonchev–Trinajstić information content (AvgIpc) is 2.77. The fourth-order valence-electron chi connectivity index (χ4n) is 4.48. The number of aryl methyl sites for hydroxylation is 1. The molecule has 0 unspecified atom stereocenters. The molecular formula is C24H29FN4. The van der Waals surface area contributed by atoms with Gasteiger partial charge in [-0.25, -0.2) is 4.39 Å². The van der Waals surface area contributed by atoms with Crippen molar-refractivity contribution in [1.29, 1.82) is 0 Å². The molecule has 0 bridgehead atoms. The van der Waals surface area contributed by atoms with Gasteiger partial charge in [0.2, 0.25) is 0 Å². The van der Waals surface area contributed by atoms with E-state index in [1.165, 1.54) is 16.7 Å². The maximum atomic E-state index is 14.2. The standard InChI is InChI=1S/C24H29FN4/c1-17(22(25)13-26)15-29(23-10-4-8-18-9-5-11-27-24(18)23)16-21-12-19-6-2-3-7-20(19)14-28-21/h2-3,5-7,9,11,23H,4,8,10,12-16,26H2,1H3/b22-17+/t23-/m0/s1. The van der Waals surface area contributed by atoms with Gasteiger partial charge < -0.3 is 5.73 Å². The molecule has 1 aliphatic carbocycles. The Kier molecular flexibility index (Phi) is 6.16. The average molecular weight is 393 g/mol. The van der Waals surface area contributed by atoms with Gasteiger partial charge in [-0.3, -0.25) is 14.9 Å². The fraction of sp³-hybridized carbons (Fsp3) is 0.417. The highest BCUT2D eigenvalue weighted by Gasteiger charge is 2.29. The van der Waals surface area contributed by atoms with Crippen LogP contribution in [0.3, 0.4) is 0 Å². The first-order valence-electron chi connectivity index (χ1n) is 10.5. The van der Waals surface area contributed by atoms with Gasteiger partial charge in [0.1, 0.15) is 5.83 Å². The van der Waals surface area contributed by atoms with E-state index in [-0.39, 0.29) is 18.4 Å². The van der Waals surface area contributed by atoms with Crippen LogP contribution in [-0.2, 0) is 19.4 Å². The van der Waals surface area contributed by atoms with Crippen molar-refractivity contribution in [3.05, 3.63) is 76.4 Å². The molecule has 2 aromatic rings. The molecule has 1 atom stereocenters. The van der Waals surface area contributed by atoms with E-state index in [0.29, 0.717) is 12.1 Å². The molecule has 4 nitrogen and oxygen atoms in total. The van der Waals surface area contributed by atoms with Gasteiger partial charge in [0.15, 0.2) is 0 Å². The summed E-state index contributed by atoms with van der Waals surface area (Å²) in [5.41, 5.74) is 12.5. The number of nitrogens with zero attached hydrogens (tertiary/aromatic N) is 3. The zero-order valence-corrected chi connectivity index (χ0v) is 17.1. The van der Waals surface area contributed by atoms with E-state index in [9.17, 15) is 4.39 Å². The molecule has 1 aromatic heterocycles. The van der Waals surface area contributed by atoms with Crippen molar-refractivity contribution in [3.8, 4) is 0 Å². The van der Waals surface area contributed by atoms with E-state index in [1.54, 1.807) is 0 Å². The van der Waals surface area contributed by atoms with E-state index in [4.69, 9.17) is 15.7 Å². The van der Waals surface area contributed by atoms with Gasteiger partial charge in [-0.05, 0) is 54.5 Å². The Labute approximate surface area is 172 Å². The fourth-order valence-corrected chi connectivity index (χ4v) is 4.48. The summed E-state index contributed by atoms with van der Waals surface area (Å²) < 4.78 is 14.2. The van der Waals surface area contributed by atoms with Gasteiger partial charge in [-0.2, -0.15) is 0 Å². The van der Waals surface area contributed by atoms with Crippen molar-refractivity contribution in [2.24, 2.45) is 10.7 Å². The number of pyridine rings is 1. The molecule has 0 radical (unpaired) electrons. The first kappa shape index (κ1) is 19.9. The predicted octanol–water partition coefficient (Wildman–Crippen LogP) is 4.16. The van der Waals surface area contributed by atoms with Crippen LogP contribution in [0.4, 0.5) is 4.39 Å². The van der Waals surface area contributed by atoms with E-state index in [1.807, 2.05) is 19.2 Å². The largest absolute Gasteiger partial charge is 0.325 e. The van der Waals surface area contributed by atoms with Crippen LogP contribution in [0.2, 0.25) is 0 Å². The smallest absolute Gasteiger partial charge is 0.114 e. The Morgan fingerprint density at radius 3 is 2.79 bits per heavy atom. The molecule has 152 valence electrons. The molecule has 0 fully saturated rings. The van der Waals surface area contributed by atoms with Gasteiger partial charge in [0.25, 0.3) is 0 Å². The maximum absolute atomic E-state index is 14.2. The van der Waals surface area contributed by atoms with Gasteiger partial charge >= 0.3 is 0 Å². The number of rotatable bonds is 6. The van der Waals surface area contributed by atoms with Gasteiger partial charge in [-0.1, -0.05) is 30.3 Å². The normalized spacial score (nSPS) is 19.3. The topological polar surface area (TPSA) is 54.5 Å². The summed E-state index contributed by atoms with van der Waals surface area (Å²) >= 11 is 0. The van der Waals surface area contributed by atoms with Crippen LogP contribution in [-0.4, -0.2) is 35.2 Å². The molecular weight excluding hydrogens is 363 g/mol. The monoisotopic (exact) mass is 392 g/mol. The molecule has 5 heteroatoms. The van der Waals surface area contributed by atoms with Gasteiger partial charge in [-0.15, -0.1) is 0 Å². The third-order valence-electron chi connectivity index (χ3n) is 6.06. The summed E-state index contributed by atoms with van der Waals surface area (Å²) in [5.74, 6) is -0.219. The van der Waals surface area contributed by atoms with E-state index >= 15 is 0 Å². The number of halogens is 1. The van der Waals surface area contributed by atoms with Gasteiger partial charge in [0, 0.05) is 38.0 Å². The van der Waals surface area contributed by atoms with Gasteiger partial charge in [0.05, 0.1) is 18.3 Å². The molecule has 2 heterocycles. The highest BCUT2D eigenvalue weighted by molar-refractivity contribution is 5.89. The Morgan fingerprint density at radius 1 is 1.17 bits per heavy atom. The second-order valence-corrected chi connectivity index (χ2v) is 8.08. The molecule has 1 aliphatic heterocycles. The summed E-state index contributed by atoms with van der Waals surface area (Å²) in [7, 11) is 0. The summed E-state index contributed by atoms with van der Waals surface area (Å²) in [4.78, 5) is 11.9. The van der Waals surface area contributed by atoms with Crippen molar-refractivity contribution < 1.29 is 4.39 Å². The quantitative estimate of drug-likeness (QED) is 0.803. The molecule has 0 saturated heterocycles. The molecule has 4 rings (SSSR count). The molecule has 0 amide bonds. The van der Waals surface area contributed by atoms with Crippen LogP contribution in [0, 0.1) is 0 Å². The minimum absolute atomic E-state index is 0.0481. The first-order chi connectivity index (χ1) is 14.2. The summed E-state index contributed by atoms with van der Waals surface area (Å²) in [5, 5.41) is 0. The third kappa shape index (κ3) is 4.46. The van der Waals surface area contributed by atoms with E-state index < -0.39 is 0 Å². The van der Waals surface area contributed by atoms with Crippen molar-refractivity contribution in [3.63, 3.8) is 0 Å². The minimum Gasteiger partial charge on any atom is -0.325 e. The van der Waals surface area contributed by atoms with Crippen molar-refractivity contribution in [2.45, 2.75) is 45.2 Å². The number of aliphatic imine (C=N–C) groups is 1. The lowest BCUT2D eigenvalue weighted by Crippen LogP contribution is -2.38. The van der Waals surface area contributed by atoms with Crippen LogP contribution in [0.5, 0.6) is 0 Å². The number of hydrogen-bond acceptors (Lipinski definition) is 4. The van der Waals surface area contributed by atoms with E-state index in [2.05, 4.69) is 35.2 Å². The van der Waals surface area contributed by atoms with Crippen LogP contribution in [0.25, 0.3) is 0 Å². The maximum Gasteiger partial charge on any atom is 0.114 e. The van der Waals surface area contributed by atoms with Crippen LogP contribution in [0.1, 0.15) is 48.2 Å².